The van der Waals surface area contributed by atoms with Crippen molar-refractivity contribution in [1.29, 1.82) is 0 Å². The summed E-state index contributed by atoms with van der Waals surface area (Å²) in [7, 11) is 3.50. The molecule has 2 aromatic rings. The number of methoxy groups -OCH3 is 1. The Balaban J connectivity index is 2.46. The topological polar surface area (TPSA) is 21.3 Å². The second kappa shape index (κ2) is 6.37. The molecule has 2 aromatic carbocycles. The van der Waals surface area contributed by atoms with Crippen LogP contribution < -0.4 is 10.1 Å². The number of halogens is 2. The smallest absolute Gasteiger partial charge is 0.133 e. The summed E-state index contributed by atoms with van der Waals surface area (Å²) in [6, 6.07) is 10.7. The molecule has 106 valence electrons. The van der Waals surface area contributed by atoms with E-state index in [1.54, 1.807) is 19.2 Å². The Morgan fingerprint density at radius 1 is 1.20 bits per heavy atom. The molecule has 2 nitrogen and oxygen atoms in total. The molecule has 1 unspecified atom stereocenters. The predicted molar refractivity (Wildman–Crippen MR) is 82.7 cm³/mol. The van der Waals surface area contributed by atoms with E-state index in [4.69, 9.17) is 4.74 Å². The standard InChI is InChI=1S/C16H17BrFNO/c1-10-4-6-12(18)9-13(10)16(19-2)11-5-7-15(20-3)14(17)8-11/h4-9,16,19H,1-3H3. The minimum Gasteiger partial charge on any atom is -0.496 e. The van der Waals surface area contributed by atoms with Gasteiger partial charge >= 0.3 is 0 Å². The molecule has 0 heterocycles. The van der Waals surface area contributed by atoms with Crippen LogP contribution in [0.1, 0.15) is 22.7 Å². The molecule has 1 atom stereocenters. The molecule has 2 rings (SSSR count). The lowest BCUT2D eigenvalue weighted by molar-refractivity contribution is 0.412. The van der Waals surface area contributed by atoms with Crippen molar-refractivity contribution in [3.63, 3.8) is 0 Å². The van der Waals surface area contributed by atoms with Crippen LogP contribution in [0.2, 0.25) is 0 Å². The minimum absolute atomic E-state index is 0.0621. The molecule has 0 aliphatic rings. The quantitative estimate of drug-likeness (QED) is 0.902. The van der Waals surface area contributed by atoms with Gasteiger partial charge in [-0.15, -0.1) is 0 Å². The largest absolute Gasteiger partial charge is 0.496 e. The number of benzene rings is 2. The fourth-order valence-electron chi connectivity index (χ4n) is 2.29. The Morgan fingerprint density at radius 3 is 2.55 bits per heavy atom. The van der Waals surface area contributed by atoms with Crippen molar-refractivity contribution in [1.82, 2.24) is 5.32 Å². The number of hydrogen-bond acceptors (Lipinski definition) is 2. The third kappa shape index (κ3) is 3.02. The van der Waals surface area contributed by atoms with Crippen molar-refractivity contribution in [3.8, 4) is 5.75 Å². The highest BCUT2D eigenvalue weighted by Gasteiger charge is 2.16. The molecule has 0 radical (unpaired) electrons. The Labute approximate surface area is 127 Å². The number of hydrogen-bond donors (Lipinski definition) is 1. The number of ether oxygens (including phenoxy) is 1. The van der Waals surface area contributed by atoms with Gasteiger partial charge in [-0.25, -0.2) is 4.39 Å². The van der Waals surface area contributed by atoms with Crippen LogP contribution in [0.15, 0.2) is 40.9 Å². The molecular weight excluding hydrogens is 321 g/mol. The van der Waals surface area contributed by atoms with E-state index in [1.807, 2.05) is 32.2 Å². The predicted octanol–water partition coefficient (Wildman–Crippen LogP) is 4.21. The number of nitrogens with one attached hydrogen (secondary N) is 1. The van der Waals surface area contributed by atoms with Gasteiger partial charge in [0, 0.05) is 0 Å². The van der Waals surface area contributed by atoms with Crippen molar-refractivity contribution in [2.45, 2.75) is 13.0 Å². The SMILES string of the molecule is CNC(c1ccc(OC)c(Br)c1)c1cc(F)ccc1C. The fraction of sp³-hybridized carbons (Fsp3) is 0.250. The van der Waals surface area contributed by atoms with E-state index in [9.17, 15) is 4.39 Å². The third-order valence-corrected chi connectivity index (χ3v) is 3.97. The van der Waals surface area contributed by atoms with E-state index >= 15 is 0 Å². The van der Waals surface area contributed by atoms with Gasteiger partial charge in [0.05, 0.1) is 17.6 Å². The molecule has 0 aromatic heterocycles. The zero-order valence-electron chi connectivity index (χ0n) is 11.7. The first-order chi connectivity index (χ1) is 9.56. The lowest BCUT2D eigenvalue weighted by Gasteiger charge is -2.20. The van der Waals surface area contributed by atoms with Gasteiger partial charge in [0.1, 0.15) is 11.6 Å². The van der Waals surface area contributed by atoms with Crippen LogP contribution in [0, 0.1) is 12.7 Å². The minimum atomic E-state index is -0.224. The second-order valence-electron chi connectivity index (χ2n) is 4.62. The number of rotatable bonds is 4. The van der Waals surface area contributed by atoms with Crippen LogP contribution in [-0.4, -0.2) is 14.2 Å². The van der Waals surface area contributed by atoms with Crippen molar-refractivity contribution in [2.24, 2.45) is 0 Å². The van der Waals surface area contributed by atoms with Crippen LogP contribution in [0.3, 0.4) is 0 Å². The summed E-state index contributed by atoms with van der Waals surface area (Å²) in [5.41, 5.74) is 3.04. The lowest BCUT2D eigenvalue weighted by Crippen LogP contribution is -2.19. The molecule has 0 aliphatic carbocycles. The molecule has 0 amide bonds. The Morgan fingerprint density at radius 2 is 1.95 bits per heavy atom. The van der Waals surface area contributed by atoms with Gasteiger partial charge in [0.15, 0.2) is 0 Å². The van der Waals surface area contributed by atoms with Gasteiger partial charge in [-0.05, 0) is 70.9 Å². The van der Waals surface area contributed by atoms with Crippen LogP contribution >= 0.6 is 15.9 Å². The zero-order chi connectivity index (χ0) is 14.7. The van der Waals surface area contributed by atoms with Gasteiger partial charge < -0.3 is 10.1 Å². The van der Waals surface area contributed by atoms with Gasteiger partial charge in [0.25, 0.3) is 0 Å². The Kier molecular flexibility index (Phi) is 4.78. The summed E-state index contributed by atoms with van der Waals surface area (Å²) < 4.78 is 19.6. The average molecular weight is 338 g/mol. The molecule has 20 heavy (non-hydrogen) atoms. The first-order valence-electron chi connectivity index (χ1n) is 6.33. The summed E-state index contributed by atoms with van der Waals surface area (Å²) in [5.74, 6) is 0.554. The fourth-order valence-corrected chi connectivity index (χ4v) is 2.84. The van der Waals surface area contributed by atoms with Gasteiger partial charge in [0.2, 0.25) is 0 Å². The van der Waals surface area contributed by atoms with E-state index in [-0.39, 0.29) is 11.9 Å². The molecule has 0 fully saturated rings. The van der Waals surface area contributed by atoms with Crippen molar-refractivity contribution in [2.75, 3.05) is 14.2 Å². The van der Waals surface area contributed by atoms with Crippen molar-refractivity contribution in [3.05, 3.63) is 63.4 Å². The van der Waals surface area contributed by atoms with E-state index in [0.29, 0.717) is 0 Å². The van der Waals surface area contributed by atoms with E-state index in [1.165, 1.54) is 6.07 Å². The summed E-state index contributed by atoms with van der Waals surface area (Å²) in [4.78, 5) is 0. The van der Waals surface area contributed by atoms with Gasteiger partial charge in [-0.2, -0.15) is 0 Å². The lowest BCUT2D eigenvalue weighted by atomic mass is 9.95. The molecule has 4 heteroatoms. The normalized spacial score (nSPS) is 12.2. The maximum atomic E-state index is 13.5. The number of aryl methyl sites for hydroxylation is 1. The summed E-state index contributed by atoms with van der Waals surface area (Å²) in [6.45, 7) is 1.98. The molecular formula is C16H17BrFNO. The first-order valence-corrected chi connectivity index (χ1v) is 7.13. The second-order valence-corrected chi connectivity index (χ2v) is 5.47. The van der Waals surface area contributed by atoms with Crippen LogP contribution in [0.25, 0.3) is 0 Å². The first kappa shape index (κ1) is 15.0. The molecule has 0 bridgehead atoms. The highest BCUT2D eigenvalue weighted by atomic mass is 79.9. The maximum Gasteiger partial charge on any atom is 0.133 e. The molecule has 0 saturated heterocycles. The Bertz CT molecular complexity index is 615. The van der Waals surface area contributed by atoms with Crippen molar-refractivity contribution >= 4 is 15.9 Å². The van der Waals surface area contributed by atoms with Crippen molar-refractivity contribution < 1.29 is 9.13 Å². The van der Waals surface area contributed by atoms with E-state index in [2.05, 4.69) is 21.2 Å². The van der Waals surface area contributed by atoms with Crippen LogP contribution in [-0.2, 0) is 0 Å². The molecule has 1 N–H and O–H groups in total. The third-order valence-electron chi connectivity index (χ3n) is 3.35. The summed E-state index contributed by atoms with van der Waals surface area (Å²) in [5, 5.41) is 3.24. The summed E-state index contributed by atoms with van der Waals surface area (Å²) >= 11 is 3.48. The Hall–Kier alpha value is -1.39. The zero-order valence-corrected chi connectivity index (χ0v) is 13.3. The van der Waals surface area contributed by atoms with Crippen LogP contribution in [0.5, 0.6) is 5.75 Å². The molecule has 0 aliphatic heterocycles. The van der Waals surface area contributed by atoms with E-state index in [0.717, 1.165) is 26.9 Å². The molecule has 0 saturated carbocycles. The highest BCUT2D eigenvalue weighted by molar-refractivity contribution is 9.10. The highest BCUT2D eigenvalue weighted by Crippen LogP contribution is 2.31. The molecule has 0 spiro atoms. The van der Waals surface area contributed by atoms with Crippen LogP contribution in [0.4, 0.5) is 4.39 Å². The van der Waals surface area contributed by atoms with E-state index < -0.39 is 0 Å². The maximum absolute atomic E-state index is 13.5. The monoisotopic (exact) mass is 337 g/mol. The van der Waals surface area contributed by atoms with Gasteiger partial charge in [-0.3, -0.25) is 0 Å². The summed E-state index contributed by atoms with van der Waals surface area (Å²) in [6.07, 6.45) is 0. The average Bonchev–Trinajstić information content (AvgIpc) is 2.44. The van der Waals surface area contributed by atoms with Gasteiger partial charge in [-0.1, -0.05) is 12.1 Å².